The van der Waals surface area contributed by atoms with Gasteiger partial charge in [0, 0.05) is 12.0 Å². The molecule has 3 nitrogen and oxygen atoms in total. The lowest BCUT2D eigenvalue weighted by molar-refractivity contribution is -0.143. The summed E-state index contributed by atoms with van der Waals surface area (Å²) in [6, 6.07) is 0. The molecule has 1 spiro atoms. The van der Waals surface area contributed by atoms with Gasteiger partial charge in [0.15, 0.2) is 5.79 Å². The SMILES string of the molecule is CC1=C(C=O)C(C)(C)CCC12OCCO2. The Hall–Kier alpha value is -0.670. The van der Waals surface area contributed by atoms with Crippen molar-refractivity contribution in [3.05, 3.63) is 11.1 Å². The van der Waals surface area contributed by atoms with Crippen molar-refractivity contribution in [3.63, 3.8) is 0 Å². The highest BCUT2D eigenvalue weighted by atomic mass is 16.7. The number of carbonyl (C=O) groups is 1. The molecule has 84 valence electrons. The lowest BCUT2D eigenvalue weighted by atomic mass is 9.71. The number of hydrogen-bond donors (Lipinski definition) is 0. The second kappa shape index (κ2) is 3.42. The molecule has 2 aliphatic rings. The lowest BCUT2D eigenvalue weighted by Crippen LogP contribution is -2.40. The molecule has 0 atom stereocenters. The molecule has 15 heavy (non-hydrogen) atoms. The van der Waals surface area contributed by atoms with Crippen molar-refractivity contribution in [2.24, 2.45) is 5.41 Å². The lowest BCUT2D eigenvalue weighted by Gasteiger charge is -2.40. The third kappa shape index (κ3) is 1.54. The first-order valence-electron chi connectivity index (χ1n) is 5.47. The Balaban J connectivity index is 2.44. The van der Waals surface area contributed by atoms with Gasteiger partial charge in [-0.15, -0.1) is 0 Å². The predicted molar refractivity (Wildman–Crippen MR) is 56.4 cm³/mol. The molecule has 1 fully saturated rings. The summed E-state index contributed by atoms with van der Waals surface area (Å²) in [6.45, 7) is 7.41. The molecule has 1 aliphatic heterocycles. The third-order valence-corrected chi connectivity index (χ3v) is 3.66. The second-order valence-corrected chi connectivity index (χ2v) is 4.99. The van der Waals surface area contributed by atoms with Gasteiger partial charge in [0.05, 0.1) is 13.2 Å². The van der Waals surface area contributed by atoms with Crippen molar-refractivity contribution in [1.29, 1.82) is 0 Å². The number of ether oxygens (including phenoxy) is 2. The van der Waals surface area contributed by atoms with Crippen LogP contribution in [0.4, 0.5) is 0 Å². The summed E-state index contributed by atoms with van der Waals surface area (Å²) in [6.07, 6.45) is 2.74. The summed E-state index contributed by atoms with van der Waals surface area (Å²) in [5.74, 6) is -0.592. The first-order valence-corrected chi connectivity index (χ1v) is 5.47. The van der Waals surface area contributed by atoms with Gasteiger partial charge in [-0.1, -0.05) is 13.8 Å². The quantitative estimate of drug-likeness (QED) is 0.621. The second-order valence-electron chi connectivity index (χ2n) is 4.99. The van der Waals surface area contributed by atoms with E-state index < -0.39 is 5.79 Å². The topological polar surface area (TPSA) is 35.5 Å². The Labute approximate surface area is 90.4 Å². The summed E-state index contributed by atoms with van der Waals surface area (Å²) < 4.78 is 11.4. The van der Waals surface area contributed by atoms with E-state index in [9.17, 15) is 4.79 Å². The van der Waals surface area contributed by atoms with E-state index in [2.05, 4.69) is 13.8 Å². The Morgan fingerprint density at radius 3 is 2.33 bits per heavy atom. The minimum Gasteiger partial charge on any atom is -0.344 e. The number of hydrogen-bond acceptors (Lipinski definition) is 3. The van der Waals surface area contributed by atoms with Crippen LogP contribution in [0, 0.1) is 5.41 Å². The van der Waals surface area contributed by atoms with Gasteiger partial charge in [-0.2, -0.15) is 0 Å². The van der Waals surface area contributed by atoms with Crippen LogP contribution in [0.25, 0.3) is 0 Å². The van der Waals surface area contributed by atoms with Crippen LogP contribution in [0.15, 0.2) is 11.1 Å². The summed E-state index contributed by atoms with van der Waals surface area (Å²) in [4.78, 5) is 11.2. The predicted octanol–water partition coefficient (Wildman–Crippen LogP) is 2.06. The van der Waals surface area contributed by atoms with Crippen LogP contribution in [0.1, 0.15) is 33.6 Å². The van der Waals surface area contributed by atoms with Gasteiger partial charge in [-0.05, 0) is 24.3 Å². The van der Waals surface area contributed by atoms with Crippen molar-refractivity contribution in [3.8, 4) is 0 Å². The molecule has 1 saturated heterocycles. The number of carbonyl (C=O) groups excluding carboxylic acids is 1. The van der Waals surface area contributed by atoms with E-state index in [1.807, 2.05) is 6.92 Å². The summed E-state index contributed by atoms with van der Waals surface area (Å²) in [5, 5.41) is 0. The fourth-order valence-electron chi connectivity index (χ4n) is 2.58. The van der Waals surface area contributed by atoms with Gasteiger partial charge >= 0.3 is 0 Å². The summed E-state index contributed by atoms with van der Waals surface area (Å²) in [5.41, 5.74) is 1.76. The molecule has 1 aliphatic carbocycles. The Morgan fingerprint density at radius 1 is 1.20 bits per heavy atom. The Morgan fingerprint density at radius 2 is 1.80 bits per heavy atom. The molecule has 0 unspecified atom stereocenters. The summed E-state index contributed by atoms with van der Waals surface area (Å²) >= 11 is 0. The monoisotopic (exact) mass is 210 g/mol. The maximum Gasteiger partial charge on any atom is 0.191 e. The average Bonchev–Trinajstić information content (AvgIpc) is 2.63. The van der Waals surface area contributed by atoms with Crippen LogP contribution in [0.5, 0.6) is 0 Å². The molecule has 0 bridgehead atoms. The third-order valence-electron chi connectivity index (χ3n) is 3.66. The molecule has 0 amide bonds. The van der Waals surface area contributed by atoms with E-state index in [0.29, 0.717) is 13.2 Å². The van der Waals surface area contributed by atoms with Gasteiger partial charge in [-0.25, -0.2) is 0 Å². The van der Waals surface area contributed by atoms with Gasteiger partial charge in [0.1, 0.15) is 6.29 Å². The van der Waals surface area contributed by atoms with Crippen molar-refractivity contribution in [2.75, 3.05) is 13.2 Å². The van der Waals surface area contributed by atoms with E-state index in [-0.39, 0.29) is 5.41 Å². The standard InChI is InChI=1S/C12H18O3/c1-9-10(8-13)11(2,3)4-5-12(9)14-6-7-15-12/h8H,4-7H2,1-3H3. The normalized spacial score (nSPS) is 28.5. The number of aldehydes is 1. The molecule has 2 rings (SSSR count). The smallest absolute Gasteiger partial charge is 0.191 e. The Bertz CT molecular complexity index is 309. The van der Waals surface area contributed by atoms with E-state index in [1.54, 1.807) is 0 Å². The molecular weight excluding hydrogens is 192 g/mol. The highest BCUT2D eigenvalue weighted by Crippen LogP contribution is 2.47. The Kier molecular flexibility index (Phi) is 2.47. The first-order chi connectivity index (χ1) is 7.02. The number of rotatable bonds is 1. The number of allylic oxidation sites excluding steroid dienone is 1. The maximum atomic E-state index is 11.2. The van der Waals surface area contributed by atoms with E-state index in [0.717, 1.165) is 30.3 Å². The molecule has 0 saturated carbocycles. The zero-order chi connectivity index (χ0) is 11.1. The average molecular weight is 210 g/mol. The highest BCUT2D eigenvalue weighted by molar-refractivity contribution is 5.77. The van der Waals surface area contributed by atoms with Crippen LogP contribution in [-0.4, -0.2) is 25.3 Å². The molecule has 1 heterocycles. The van der Waals surface area contributed by atoms with Gasteiger partial charge < -0.3 is 9.47 Å². The van der Waals surface area contributed by atoms with E-state index in [1.165, 1.54) is 0 Å². The maximum absolute atomic E-state index is 11.2. The molecular formula is C12H18O3. The molecule has 0 aromatic carbocycles. The van der Waals surface area contributed by atoms with Crippen molar-refractivity contribution < 1.29 is 14.3 Å². The molecule has 0 N–H and O–H groups in total. The van der Waals surface area contributed by atoms with E-state index >= 15 is 0 Å². The summed E-state index contributed by atoms with van der Waals surface area (Å²) in [7, 11) is 0. The van der Waals surface area contributed by atoms with E-state index in [4.69, 9.17) is 9.47 Å². The first kappa shape index (κ1) is 10.8. The van der Waals surface area contributed by atoms with Gasteiger partial charge in [0.2, 0.25) is 0 Å². The fraction of sp³-hybridized carbons (Fsp3) is 0.750. The van der Waals surface area contributed by atoms with Crippen LogP contribution < -0.4 is 0 Å². The van der Waals surface area contributed by atoms with Crippen LogP contribution in [0.2, 0.25) is 0 Å². The van der Waals surface area contributed by atoms with Crippen molar-refractivity contribution in [1.82, 2.24) is 0 Å². The minimum absolute atomic E-state index is 0.0492. The molecule has 3 heteroatoms. The highest BCUT2D eigenvalue weighted by Gasteiger charge is 2.46. The van der Waals surface area contributed by atoms with Crippen molar-refractivity contribution >= 4 is 6.29 Å². The molecule has 0 radical (unpaired) electrons. The van der Waals surface area contributed by atoms with Crippen LogP contribution in [0.3, 0.4) is 0 Å². The van der Waals surface area contributed by atoms with Crippen molar-refractivity contribution in [2.45, 2.75) is 39.4 Å². The molecule has 0 aromatic heterocycles. The zero-order valence-corrected chi connectivity index (χ0v) is 9.63. The fourth-order valence-corrected chi connectivity index (χ4v) is 2.58. The van der Waals surface area contributed by atoms with Gasteiger partial charge in [0.25, 0.3) is 0 Å². The van der Waals surface area contributed by atoms with Crippen LogP contribution >= 0.6 is 0 Å². The van der Waals surface area contributed by atoms with Crippen LogP contribution in [-0.2, 0) is 14.3 Å². The zero-order valence-electron chi connectivity index (χ0n) is 9.63. The largest absolute Gasteiger partial charge is 0.344 e. The van der Waals surface area contributed by atoms with Gasteiger partial charge in [-0.3, -0.25) is 4.79 Å². The molecule has 0 aromatic rings. The minimum atomic E-state index is -0.592.